The van der Waals surface area contributed by atoms with Gasteiger partial charge in [0.1, 0.15) is 6.10 Å². The summed E-state index contributed by atoms with van der Waals surface area (Å²) in [5.74, 6) is -1.14. The van der Waals surface area contributed by atoms with Gasteiger partial charge in [0.05, 0.1) is 5.56 Å². The number of esters is 1. The van der Waals surface area contributed by atoms with Crippen LogP contribution in [0.1, 0.15) is 91.7 Å². The number of carbonyl (C=O) groups is 2. The molecule has 0 bridgehead atoms. The summed E-state index contributed by atoms with van der Waals surface area (Å²) in [4.78, 5) is 23.2. The van der Waals surface area contributed by atoms with Crippen molar-refractivity contribution in [2.24, 2.45) is 0 Å². The van der Waals surface area contributed by atoms with Gasteiger partial charge in [-0.25, -0.2) is 4.79 Å². The molecule has 0 heterocycles. The first-order valence-electron chi connectivity index (χ1n) is 11.4. The molecular formula is C28H33BrO4. The molecule has 1 unspecified atom stereocenters. The molecule has 1 aliphatic rings. The standard InChI is InChI=1S/C28H33BrO4/c1-7-19-12-18(9-11-22(19)26(31)32)8-10-20-13-23-24(14-21(20)16-29)28(5,6)25(33-17(2)30)15-27(23,3)4/h8-14,25H,7,15-16H2,1-6H3,(H,31,32). The first-order valence-corrected chi connectivity index (χ1v) is 12.5. The maximum absolute atomic E-state index is 11.8. The molecule has 0 aliphatic heterocycles. The van der Waals surface area contributed by atoms with Crippen molar-refractivity contribution < 1.29 is 19.4 Å². The summed E-state index contributed by atoms with van der Waals surface area (Å²) in [5, 5.41) is 10.1. The fourth-order valence-corrected chi connectivity index (χ4v) is 5.31. The highest BCUT2D eigenvalue weighted by atomic mass is 79.9. The van der Waals surface area contributed by atoms with E-state index >= 15 is 0 Å². The number of carboxylic acid groups (broad SMARTS) is 1. The third-order valence-corrected chi connectivity index (χ3v) is 7.46. The summed E-state index contributed by atoms with van der Waals surface area (Å²) in [6.45, 7) is 12.2. The van der Waals surface area contributed by atoms with Crippen LogP contribution in [0, 0.1) is 0 Å². The van der Waals surface area contributed by atoms with Gasteiger partial charge in [0, 0.05) is 17.7 Å². The van der Waals surface area contributed by atoms with Crippen molar-refractivity contribution in [1.82, 2.24) is 0 Å². The van der Waals surface area contributed by atoms with E-state index in [1.54, 1.807) is 6.07 Å². The number of hydrogen-bond donors (Lipinski definition) is 1. The van der Waals surface area contributed by atoms with Crippen LogP contribution in [-0.4, -0.2) is 23.1 Å². The molecule has 1 N–H and O–H groups in total. The summed E-state index contributed by atoms with van der Waals surface area (Å²) >= 11 is 3.65. The van der Waals surface area contributed by atoms with Crippen molar-refractivity contribution >= 4 is 40.0 Å². The average Bonchev–Trinajstić information content (AvgIpc) is 2.74. The molecule has 2 aromatic rings. The van der Waals surface area contributed by atoms with Crippen LogP contribution in [0.15, 0.2) is 30.3 Å². The average molecular weight is 513 g/mol. The molecular weight excluding hydrogens is 480 g/mol. The Balaban J connectivity index is 2.06. The van der Waals surface area contributed by atoms with E-state index < -0.39 is 5.97 Å². The summed E-state index contributed by atoms with van der Waals surface area (Å²) in [7, 11) is 0. The van der Waals surface area contributed by atoms with Gasteiger partial charge < -0.3 is 9.84 Å². The van der Waals surface area contributed by atoms with Crippen LogP contribution in [0.5, 0.6) is 0 Å². The van der Waals surface area contributed by atoms with E-state index in [2.05, 4.69) is 61.8 Å². The van der Waals surface area contributed by atoms with Gasteiger partial charge in [0.25, 0.3) is 0 Å². The van der Waals surface area contributed by atoms with Gasteiger partial charge in [0.2, 0.25) is 0 Å². The van der Waals surface area contributed by atoms with E-state index in [-0.39, 0.29) is 22.9 Å². The number of fused-ring (bicyclic) bond motifs is 1. The van der Waals surface area contributed by atoms with Crippen molar-refractivity contribution in [2.75, 3.05) is 0 Å². The number of alkyl halides is 1. The zero-order valence-corrected chi connectivity index (χ0v) is 21.9. The Morgan fingerprint density at radius 3 is 2.36 bits per heavy atom. The topological polar surface area (TPSA) is 63.6 Å². The minimum absolute atomic E-state index is 0.142. The molecule has 5 heteroatoms. The van der Waals surface area contributed by atoms with E-state index in [0.717, 1.165) is 28.7 Å². The Bertz CT molecular complexity index is 1110. The second-order valence-corrected chi connectivity index (χ2v) is 10.6. The number of aromatic carboxylic acids is 1. The van der Waals surface area contributed by atoms with Gasteiger partial charge >= 0.3 is 11.9 Å². The lowest BCUT2D eigenvalue weighted by Gasteiger charge is -2.47. The molecule has 1 atom stereocenters. The fraction of sp³-hybridized carbons (Fsp3) is 0.429. The Morgan fingerprint density at radius 1 is 1.09 bits per heavy atom. The van der Waals surface area contributed by atoms with Crippen molar-refractivity contribution in [1.29, 1.82) is 0 Å². The quantitative estimate of drug-likeness (QED) is 0.259. The number of rotatable bonds is 6. The zero-order valence-electron chi connectivity index (χ0n) is 20.3. The monoisotopic (exact) mass is 512 g/mol. The predicted octanol–water partition coefficient (Wildman–Crippen LogP) is 6.90. The summed E-state index contributed by atoms with van der Waals surface area (Å²) in [6, 6.07) is 9.98. The first kappa shape index (κ1) is 25.2. The molecule has 0 saturated carbocycles. The lowest BCUT2D eigenvalue weighted by Crippen LogP contribution is -2.47. The van der Waals surface area contributed by atoms with Crippen molar-refractivity contribution in [3.05, 3.63) is 69.3 Å². The van der Waals surface area contributed by atoms with Gasteiger partial charge in [-0.15, -0.1) is 0 Å². The summed E-state index contributed by atoms with van der Waals surface area (Å²) < 4.78 is 5.75. The van der Waals surface area contributed by atoms with Crippen molar-refractivity contribution in [3.8, 4) is 0 Å². The van der Waals surface area contributed by atoms with E-state index in [9.17, 15) is 14.7 Å². The largest absolute Gasteiger partial charge is 0.478 e. The molecule has 3 rings (SSSR count). The van der Waals surface area contributed by atoms with Crippen LogP contribution >= 0.6 is 15.9 Å². The van der Waals surface area contributed by atoms with Crippen molar-refractivity contribution in [2.45, 2.75) is 76.6 Å². The lowest BCUT2D eigenvalue weighted by atomic mass is 9.61. The highest BCUT2D eigenvalue weighted by Crippen LogP contribution is 2.48. The minimum atomic E-state index is -0.893. The number of halogens is 1. The molecule has 33 heavy (non-hydrogen) atoms. The fourth-order valence-electron chi connectivity index (χ4n) is 4.82. The van der Waals surface area contributed by atoms with E-state index in [4.69, 9.17) is 4.74 Å². The highest BCUT2D eigenvalue weighted by molar-refractivity contribution is 9.08. The predicted molar refractivity (Wildman–Crippen MR) is 137 cm³/mol. The second-order valence-electron chi connectivity index (χ2n) is 10.0. The maximum atomic E-state index is 11.8. The molecule has 4 nitrogen and oxygen atoms in total. The molecule has 176 valence electrons. The SMILES string of the molecule is CCc1cc(C=Cc2cc3c(cc2CBr)C(C)(C)C(OC(C)=O)CC3(C)C)ccc1C(=O)O. The lowest BCUT2D eigenvalue weighted by molar-refractivity contribution is -0.151. The van der Waals surface area contributed by atoms with Gasteiger partial charge in [-0.2, -0.15) is 0 Å². The van der Waals surface area contributed by atoms with E-state index in [1.807, 2.05) is 25.1 Å². The Labute approximate surface area is 205 Å². The summed E-state index contributed by atoms with van der Waals surface area (Å²) in [5.41, 5.74) is 6.51. The molecule has 0 aromatic heterocycles. The smallest absolute Gasteiger partial charge is 0.335 e. The number of ether oxygens (including phenoxy) is 1. The third kappa shape index (κ3) is 5.08. The third-order valence-electron chi connectivity index (χ3n) is 6.85. The molecule has 0 spiro atoms. The second kappa shape index (κ2) is 9.46. The van der Waals surface area contributed by atoms with Crippen LogP contribution in [0.3, 0.4) is 0 Å². The molecule has 0 radical (unpaired) electrons. The van der Waals surface area contributed by atoms with E-state index in [1.165, 1.54) is 18.1 Å². The number of carbonyl (C=O) groups excluding carboxylic acids is 1. The van der Waals surface area contributed by atoms with E-state index in [0.29, 0.717) is 17.3 Å². The maximum Gasteiger partial charge on any atom is 0.335 e. The normalized spacial score (nSPS) is 18.7. The van der Waals surface area contributed by atoms with Crippen LogP contribution in [0.4, 0.5) is 0 Å². The molecule has 0 saturated heterocycles. The highest BCUT2D eigenvalue weighted by Gasteiger charge is 2.46. The van der Waals surface area contributed by atoms with Gasteiger partial charge in [0.15, 0.2) is 0 Å². The molecule has 0 amide bonds. The van der Waals surface area contributed by atoms with Crippen LogP contribution in [0.2, 0.25) is 0 Å². The Morgan fingerprint density at radius 2 is 1.79 bits per heavy atom. The minimum Gasteiger partial charge on any atom is -0.478 e. The number of aryl methyl sites for hydroxylation is 1. The number of carboxylic acids is 1. The number of hydrogen-bond acceptors (Lipinski definition) is 3. The van der Waals surface area contributed by atoms with Gasteiger partial charge in [-0.1, -0.05) is 87.0 Å². The van der Waals surface area contributed by atoms with Crippen molar-refractivity contribution in [3.63, 3.8) is 0 Å². The Kier molecular flexibility index (Phi) is 7.23. The van der Waals surface area contributed by atoms with Gasteiger partial charge in [-0.05, 0) is 57.7 Å². The summed E-state index contributed by atoms with van der Waals surface area (Å²) in [6.07, 6.45) is 5.40. The van der Waals surface area contributed by atoms with Crippen LogP contribution in [-0.2, 0) is 32.1 Å². The van der Waals surface area contributed by atoms with Crippen LogP contribution < -0.4 is 0 Å². The number of benzene rings is 2. The van der Waals surface area contributed by atoms with Gasteiger partial charge in [-0.3, -0.25) is 4.79 Å². The molecule has 1 aliphatic carbocycles. The Hall–Kier alpha value is -2.40. The first-order chi connectivity index (χ1) is 15.4. The van der Waals surface area contributed by atoms with Crippen LogP contribution in [0.25, 0.3) is 12.2 Å². The zero-order chi connectivity index (χ0) is 24.6. The molecule has 0 fully saturated rings. The molecule has 2 aromatic carbocycles.